The van der Waals surface area contributed by atoms with Crippen molar-refractivity contribution in [2.45, 2.75) is 32.4 Å². The molecule has 0 spiro atoms. The van der Waals surface area contributed by atoms with Gasteiger partial charge in [0, 0.05) is 31.2 Å². The summed E-state index contributed by atoms with van der Waals surface area (Å²) in [5, 5.41) is 6.14. The van der Waals surface area contributed by atoms with Crippen LogP contribution in [0.5, 0.6) is 0 Å². The number of carbonyl (C=O) groups is 1. The third-order valence-corrected chi connectivity index (χ3v) is 6.07. The summed E-state index contributed by atoms with van der Waals surface area (Å²) in [6.07, 6.45) is 3.35. The second kappa shape index (κ2) is 7.21. The fourth-order valence-corrected chi connectivity index (χ4v) is 4.50. The molecular weight excluding hydrogens is 351 g/mol. The largest absolute Gasteiger partial charge is 0.459 e. The molecule has 0 unspecified atom stereocenters. The maximum atomic E-state index is 13.8. The molecule has 6 heteroatoms. The summed E-state index contributed by atoms with van der Waals surface area (Å²) in [6, 6.07) is 7.23. The molecule has 4 rings (SSSR count). The molecule has 0 atom stereocenters. The summed E-state index contributed by atoms with van der Waals surface area (Å²) < 4.78 is 19.8. The van der Waals surface area contributed by atoms with Crippen molar-refractivity contribution in [3.8, 4) is 0 Å². The lowest BCUT2D eigenvalue weighted by atomic mass is 10.0. The van der Waals surface area contributed by atoms with Crippen molar-refractivity contribution in [3.05, 3.63) is 58.6 Å². The molecule has 0 bridgehead atoms. The van der Waals surface area contributed by atoms with E-state index in [1.54, 1.807) is 18.4 Å². The van der Waals surface area contributed by atoms with Crippen LogP contribution < -0.4 is 5.32 Å². The van der Waals surface area contributed by atoms with Crippen molar-refractivity contribution >= 4 is 27.3 Å². The molecule has 26 heavy (non-hydrogen) atoms. The number of carbonyl (C=O) groups excluding carboxylic acids is 1. The molecule has 1 aromatic carbocycles. The summed E-state index contributed by atoms with van der Waals surface area (Å²) in [4.78, 5) is 14.6. The second-order valence-corrected chi connectivity index (χ2v) is 7.71. The van der Waals surface area contributed by atoms with Gasteiger partial charge >= 0.3 is 0 Å². The number of rotatable bonds is 4. The molecule has 3 aromatic rings. The number of furan rings is 1. The highest BCUT2D eigenvalue weighted by Gasteiger charge is 2.23. The second-order valence-electron chi connectivity index (χ2n) is 6.83. The standard InChI is InChI=1S/C20H21FN2O2S/c1-13-7-10-25-18(13)20(24)22-15-5-8-23(9-6-15)11-14-12-26-19-16(14)3-2-4-17(19)21/h2-4,7,10,12,15H,5-6,8-9,11H2,1H3,(H,22,24). The molecule has 3 heterocycles. The zero-order valence-corrected chi connectivity index (χ0v) is 15.4. The van der Waals surface area contributed by atoms with Gasteiger partial charge in [-0.25, -0.2) is 4.39 Å². The van der Waals surface area contributed by atoms with Gasteiger partial charge in [-0.1, -0.05) is 12.1 Å². The summed E-state index contributed by atoms with van der Waals surface area (Å²) in [5.74, 6) is 0.123. The SMILES string of the molecule is Cc1ccoc1C(=O)NC1CCN(Cc2csc3c(F)cccc23)CC1. The van der Waals surface area contributed by atoms with Crippen molar-refractivity contribution in [3.63, 3.8) is 0 Å². The van der Waals surface area contributed by atoms with Gasteiger partial charge in [0.1, 0.15) is 5.82 Å². The molecule has 0 radical (unpaired) electrons. The number of halogens is 1. The Bertz CT molecular complexity index is 925. The van der Waals surface area contributed by atoms with Gasteiger partial charge in [0.25, 0.3) is 5.91 Å². The minimum Gasteiger partial charge on any atom is -0.459 e. The Morgan fingerprint density at radius 1 is 1.35 bits per heavy atom. The van der Waals surface area contributed by atoms with Crippen molar-refractivity contribution in [2.24, 2.45) is 0 Å². The molecular formula is C20H21FN2O2S. The zero-order valence-electron chi connectivity index (χ0n) is 14.6. The van der Waals surface area contributed by atoms with E-state index in [4.69, 9.17) is 4.42 Å². The van der Waals surface area contributed by atoms with Gasteiger partial charge in [-0.3, -0.25) is 9.69 Å². The molecule has 4 nitrogen and oxygen atoms in total. The van der Waals surface area contributed by atoms with Crippen molar-refractivity contribution in [1.29, 1.82) is 0 Å². The third-order valence-electron chi connectivity index (χ3n) is 5.02. The highest BCUT2D eigenvalue weighted by atomic mass is 32.1. The predicted octanol–water partition coefficient (Wildman–Crippen LogP) is 4.34. The lowest BCUT2D eigenvalue weighted by molar-refractivity contribution is 0.0880. The Morgan fingerprint density at radius 2 is 2.15 bits per heavy atom. The molecule has 1 aliphatic heterocycles. The van der Waals surface area contributed by atoms with Crippen LogP contribution in [-0.2, 0) is 6.54 Å². The van der Waals surface area contributed by atoms with Gasteiger partial charge in [-0.2, -0.15) is 0 Å². The number of nitrogens with zero attached hydrogens (tertiary/aromatic N) is 1. The number of likely N-dealkylation sites (tertiary alicyclic amines) is 1. The number of aryl methyl sites for hydroxylation is 1. The Balaban J connectivity index is 1.34. The molecule has 1 aliphatic rings. The molecule has 136 valence electrons. The van der Waals surface area contributed by atoms with Gasteiger partial charge in [0.05, 0.1) is 11.0 Å². The average molecular weight is 372 g/mol. The number of benzene rings is 1. The zero-order chi connectivity index (χ0) is 18.1. The molecule has 0 aliphatic carbocycles. The Hall–Kier alpha value is -2.18. The fourth-order valence-electron chi connectivity index (χ4n) is 3.53. The number of amides is 1. The molecule has 0 saturated carbocycles. The van der Waals surface area contributed by atoms with E-state index in [2.05, 4.69) is 15.6 Å². The fraction of sp³-hybridized carbons (Fsp3) is 0.350. The van der Waals surface area contributed by atoms with E-state index in [0.29, 0.717) is 5.76 Å². The van der Waals surface area contributed by atoms with Crippen LogP contribution >= 0.6 is 11.3 Å². The first-order chi connectivity index (χ1) is 12.6. The summed E-state index contributed by atoms with van der Waals surface area (Å²) in [6.45, 7) is 4.51. The Kier molecular flexibility index (Phi) is 4.78. The summed E-state index contributed by atoms with van der Waals surface area (Å²) in [7, 11) is 0. The number of thiophene rings is 1. The first-order valence-corrected chi connectivity index (χ1v) is 9.71. The van der Waals surface area contributed by atoms with Crippen molar-refractivity contribution < 1.29 is 13.6 Å². The van der Waals surface area contributed by atoms with Crippen LogP contribution in [0.25, 0.3) is 10.1 Å². The molecule has 2 aromatic heterocycles. The molecule has 1 amide bonds. The van der Waals surface area contributed by atoms with E-state index in [9.17, 15) is 9.18 Å². The molecule has 1 saturated heterocycles. The lowest BCUT2D eigenvalue weighted by Crippen LogP contribution is -2.44. The predicted molar refractivity (Wildman–Crippen MR) is 101 cm³/mol. The van der Waals surface area contributed by atoms with Crippen LogP contribution in [0, 0.1) is 12.7 Å². The molecule has 1 fully saturated rings. The smallest absolute Gasteiger partial charge is 0.287 e. The van der Waals surface area contributed by atoms with Gasteiger partial charge in [-0.15, -0.1) is 11.3 Å². The van der Waals surface area contributed by atoms with E-state index in [1.165, 1.54) is 23.0 Å². The van der Waals surface area contributed by atoms with E-state index in [-0.39, 0.29) is 17.8 Å². The summed E-state index contributed by atoms with van der Waals surface area (Å²) in [5.41, 5.74) is 2.04. The highest BCUT2D eigenvalue weighted by molar-refractivity contribution is 7.17. The normalized spacial score (nSPS) is 16.2. The van der Waals surface area contributed by atoms with E-state index < -0.39 is 0 Å². The number of fused-ring (bicyclic) bond motifs is 1. The van der Waals surface area contributed by atoms with Gasteiger partial charge < -0.3 is 9.73 Å². The van der Waals surface area contributed by atoms with E-state index in [0.717, 1.165) is 48.1 Å². The van der Waals surface area contributed by atoms with Crippen LogP contribution in [0.15, 0.2) is 40.3 Å². The van der Waals surface area contributed by atoms with Gasteiger partial charge in [-0.05, 0) is 48.2 Å². The number of hydrogen-bond donors (Lipinski definition) is 1. The van der Waals surface area contributed by atoms with Crippen LogP contribution in [0.4, 0.5) is 4.39 Å². The number of nitrogens with one attached hydrogen (secondary N) is 1. The quantitative estimate of drug-likeness (QED) is 0.741. The summed E-state index contributed by atoms with van der Waals surface area (Å²) >= 11 is 1.47. The number of piperidine rings is 1. The van der Waals surface area contributed by atoms with Gasteiger partial charge in [0.15, 0.2) is 5.76 Å². The monoisotopic (exact) mass is 372 g/mol. The first-order valence-electron chi connectivity index (χ1n) is 8.83. The highest BCUT2D eigenvalue weighted by Crippen LogP contribution is 2.29. The minimum absolute atomic E-state index is 0.134. The van der Waals surface area contributed by atoms with E-state index >= 15 is 0 Å². The topological polar surface area (TPSA) is 45.5 Å². The maximum Gasteiger partial charge on any atom is 0.287 e. The lowest BCUT2D eigenvalue weighted by Gasteiger charge is -2.32. The Morgan fingerprint density at radius 3 is 2.88 bits per heavy atom. The van der Waals surface area contributed by atoms with Crippen LogP contribution in [0.2, 0.25) is 0 Å². The van der Waals surface area contributed by atoms with Crippen LogP contribution in [0.3, 0.4) is 0 Å². The third kappa shape index (κ3) is 3.39. The van der Waals surface area contributed by atoms with E-state index in [1.807, 2.05) is 13.0 Å². The number of hydrogen-bond acceptors (Lipinski definition) is 4. The minimum atomic E-state index is -0.145. The van der Waals surface area contributed by atoms with Crippen molar-refractivity contribution in [2.75, 3.05) is 13.1 Å². The molecule has 1 N–H and O–H groups in total. The maximum absolute atomic E-state index is 13.8. The Labute approximate surface area is 155 Å². The first kappa shape index (κ1) is 17.2. The van der Waals surface area contributed by atoms with Crippen LogP contribution in [0.1, 0.15) is 34.5 Å². The van der Waals surface area contributed by atoms with Crippen LogP contribution in [-0.4, -0.2) is 29.9 Å². The average Bonchev–Trinajstić information content (AvgIpc) is 3.24. The van der Waals surface area contributed by atoms with Crippen molar-refractivity contribution in [1.82, 2.24) is 10.2 Å². The van der Waals surface area contributed by atoms with Gasteiger partial charge in [0.2, 0.25) is 0 Å².